The summed E-state index contributed by atoms with van der Waals surface area (Å²) < 4.78 is 21.2. The summed E-state index contributed by atoms with van der Waals surface area (Å²) in [4.78, 5) is 39.2. The van der Waals surface area contributed by atoms with Gasteiger partial charge in [-0.25, -0.2) is 0 Å². The first-order valence-corrected chi connectivity index (χ1v) is 10.8. The molecule has 4 rings (SSSR count). The summed E-state index contributed by atoms with van der Waals surface area (Å²) >= 11 is 0. The van der Waals surface area contributed by atoms with E-state index >= 15 is 0 Å². The third-order valence-electron chi connectivity index (χ3n) is 5.28. The van der Waals surface area contributed by atoms with E-state index in [0.717, 1.165) is 12.8 Å². The van der Waals surface area contributed by atoms with Crippen LogP contribution in [0.25, 0.3) is 0 Å². The van der Waals surface area contributed by atoms with Gasteiger partial charge >= 0.3 is 0 Å². The molecule has 11 heteroatoms. The number of nitrogens with one attached hydrogen (secondary N) is 2. The van der Waals surface area contributed by atoms with E-state index in [0.29, 0.717) is 36.1 Å². The summed E-state index contributed by atoms with van der Waals surface area (Å²) in [5.74, 6) is 0.813. The number of aryl methyl sites for hydroxylation is 1. The number of anilines is 2. The van der Waals surface area contributed by atoms with E-state index in [2.05, 4.69) is 15.8 Å². The van der Waals surface area contributed by atoms with Gasteiger partial charge in [-0.2, -0.15) is 0 Å². The van der Waals surface area contributed by atoms with Crippen molar-refractivity contribution in [3.05, 3.63) is 30.0 Å². The number of carbonyl (C=O) groups is 3. The van der Waals surface area contributed by atoms with Gasteiger partial charge in [-0.1, -0.05) is 5.16 Å². The minimum absolute atomic E-state index is 0.00694. The van der Waals surface area contributed by atoms with Crippen molar-refractivity contribution in [1.29, 1.82) is 0 Å². The van der Waals surface area contributed by atoms with Crippen LogP contribution in [0.1, 0.15) is 31.4 Å². The number of carbonyl (C=O) groups excluding carboxylic acids is 3. The molecule has 0 unspecified atom stereocenters. The molecule has 3 amide bonds. The van der Waals surface area contributed by atoms with E-state index in [4.69, 9.17) is 18.7 Å². The maximum atomic E-state index is 13.0. The highest BCUT2D eigenvalue weighted by Crippen LogP contribution is 2.35. The molecule has 1 aromatic carbocycles. The molecule has 1 fully saturated rings. The topological polar surface area (TPSA) is 132 Å². The second-order valence-electron chi connectivity index (χ2n) is 7.83. The Morgan fingerprint density at radius 1 is 1.12 bits per heavy atom. The number of fused-ring (bicyclic) bond motifs is 1. The molecule has 2 N–H and O–H groups in total. The van der Waals surface area contributed by atoms with Crippen LogP contribution in [0.2, 0.25) is 0 Å². The number of hydrogen-bond donors (Lipinski definition) is 2. The highest BCUT2D eigenvalue weighted by Gasteiger charge is 2.24. The predicted octanol–water partition coefficient (Wildman–Crippen LogP) is 1.76. The first-order valence-electron chi connectivity index (χ1n) is 10.8. The van der Waals surface area contributed by atoms with Crippen LogP contribution in [0, 0.1) is 6.92 Å². The first-order chi connectivity index (χ1) is 16.0. The van der Waals surface area contributed by atoms with Gasteiger partial charge in [0.15, 0.2) is 17.3 Å². The fraction of sp³-hybridized carbons (Fsp3) is 0.455. The van der Waals surface area contributed by atoms with Crippen LogP contribution in [0.15, 0.2) is 28.8 Å². The lowest BCUT2D eigenvalue weighted by Gasteiger charge is -2.23. The van der Waals surface area contributed by atoms with Crippen molar-refractivity contribution in [2.75, 3.05) is 36.7 Å². The molecule has 2 aliphatic rings. The molecule has 1 atom stereocenters. The lowest BCUT2D eigenvalue weighted by Crippen LogP contribution is -2.43. The Morgan fingerprint density at radius 3 is 2.73 bits per heavy atom. The Balaban J connectivity index is 1.39. The molecule has 2 aliphatic heterocycles. The van der Waals surface area contributed by atoms with Gasteiger partial charge in [0.2, 0.25) is 24.5 Å². The third kappa shape index (κ3) is 6.01. The number of hydrogen-bond acceptors (Lipinski definition) is 8. The van der Waals surface area contributed by atoms with Crippen molar-refractivity contribution in [3.8, 4) is 11.5 Å². The van der Waals surface area contributed by atoms with Gasteiger partial charge in [0.25, 0.3) is 0 Å². The lowest BCUT2D eigenvalue weighted by atomic mass is 10.2. The Morgan fingerprint density at radius 2 is 1.97 bits per heavy atom. The maximum absolute atomic E-state index is 13.0. The van der Waals surface area contributed by atoms with Gasteiger partial charge in [0.05, 0.1) is 6.10 Å². The van der Waals surface area contributed by atoms with Crippen LogP contribution >= 0.6 is 0 Å². The maximum Gasteiger partial charge on any atom is 0.240 e. The summed E-state index contributed by atoms with van der Waals surface area (Å²) in [5.41, 5.74) is 0.476. The molecule has 1 aromatic heterocycles. The van der Waals surface area contributed by atoms with Crippen LogP contribution in [-0.4, -0.2) is 55.5 Å². The Hall–Kier alpha value is -3.60. The number of aromatic nitrogens is 1. The van der Waals surface area contributed by atoms with E-state index in [-0.39, 0.29) is 55.8 Å². The molecular formula is C22H26N4O7. The first kappa shape index (κ1) is 22.6. The number of amides is 3. The van der Waals surface area contributed by atoms with Gasteiger partial charge in [-0.05, 0) is 31.9 Å². The monoisotopic (exact) mass is 458 g/mol. The smallest absolute Gasteiger partial charge is 0.240 e. The molecule has 3 heterocycles. The second-order valence-corrected chi connectivity index (χ2v) is 7.83. The van der Waals surface area contributed by atoms with Gasteiger partial charge in [-0.15, -0.1) is 0 Å². The number of ether oxygens (including phenoxy) is 3. The summed E-state index contributed by atoms with van der Waals surface area (Å²) in [5, 5.41) is 9.10. The molecular weight excluding hydrogens is 432 g/mol. The fourth-order valence-corrected chi connectivity index (χ4v) is 3.60. The van der Waals surface area contributed by atoms with Crippen molar-refractivity contribution < 1.29 is 33.1 Å². The number of nitrogens with zero attached hydrogens (tertiary/aromatic N) is 2. The summed E-state index contributed by atoms with van der Waals surface area (Å²) in [7, 11) is 0. The normalized spacial score (nSPS) is 16.5. The average Bonchev–Trinajstić information content (AvgIpc) is 3.56. The molecule has 0 saturated carbocycles. The highest BCUT2D eigenvalue weighted by molar-refractivity contribution is 6.01. The zero-order chi connectivity index (χ0) is 23.2. The van der Waals surface area contributed by atoms with E-state index in [1.54, 1.807) is 31.2 Å². The van der Waals surface area contributed by atoms with Gasteiger partial charge in [0, 0.05) is 43.8 Å². The van der Waals surface area contributed by atoms with Crippen molar-refractivity contribution in [1.82, 2.24) is 10.5 Å². The Kier molecular flexibility index (Phi) is 7.08. The minimum Gasteiger partial charge on any atom is -0.454 e. The summed E-state index contributed by atoms with van der Waals surface area (Å²) in [6.07, 6.45) is 1.68. The second kappa shape index (κ2) is 10.3. The molecule has 2 aromatic rings. The number of benzene rings is 1. The Bertz CT molecular complexity index is 1020. The molecule has 0 aliphatic carbocycles. The van der Waals surface area contributed by atoms with Crippen molar-refractivity contribution in [2.24, 2.45) is 0 Å². The lowest BCUT2D eigenvalue weighted by molar-refractivity contribution is -0.125. The van der Waals surface area contributed by atoms with Gasteiger partial charge in [0.1, 0.15) is 12.3 Å². The fourth-order valence-electron chi connectivity index (χ4n) is 3.60. The van der Waals surface area contributed by atoms with Crippen molar-refractivity contribution >= 4 is 29.2 Å². The SMILES string of the molecule is Cc1cc(NC(=O)CCC(=O)N(CC(=O)NC[C@@H]2CCCO2)c2ccc3c(c2)OCO3)no1. The van der Waals surface area contributed by atoms with Crippen LogP contribution in [0.4, 0.5) is 11.5 Å². The van der Waals surface area contributed by atoms with Crippen molar-refractivity contribution in [3.63, 3.8) is 0 Å². The zero-order valence-corrected chi connectivity index (χ0v) is 18.3. The standard InChI is InChI=1S/C22H26N4O7/c1-14-9-19(25-33-14)24-20(27)6-7-22(29)26(12-21(28)23-11-16-3-2-8-30-16)15-4-5-17-18(10-15)32-13-31-17/h4-5,9-10,16H,2-3,6-8,11-13H2,1H3,(H,23,28)(H,24,25,27)/t16-/m0/s1. The molecule has 0 radical (unpaired) electrons. The summed E-state index contributed by atoms with van der Waals surface area (Å²) in [6.45, 7) is 2.69. The Labute approximate surface area is 190 Å². The van der Waals surface area contributed by atoms with Gasteiger partial charge in [-0.3, -0.25) is 14.4 Å². The molecule has 11 nitrogen and oxygen atoms in total. The molecule has 1 saturated heterocycles. The zero-order valence-electron chi connectivity index (χ0n) is 18.3. The predicted molar refractivity (Wildman–Crippen MR) is 116 cm³/mol. The number of rotatable bonds is 9. The van der Waals surface area contributed by atoms with Crippen molar-refractivity contribution in [2.45, 2.75) is 38.7 Å². The van der Waals surface area contributed by atoms with Crippen LogP contribution < -0.4 is 25.0 Å². The van der Waals surface area contributed by atoms with E-state index < -0.39 is 0 Å². The van der Waals surface area contributed by atoms with E-state index in [9.17, 15) is 14.4 Å². The quantitative estimate of drug-likeness (QED) is 0.581. The molecule has 176 valence electrons. The van der Waals surface area contributed by atoms with Crippen LogP contribution in [-0.2, 0) is 19.1 Å². The van der Waals surface area contributed by atoms with Gasteiger partial charge < -0.3 is 34.3 Å². The van der Waals surface area contributed by atoms with Crippen LogP contribution in [0.3, 0.4) is 0 Å². The van der Waals surface area contributed by atoms with E-state index in [1.807, 2.05) is 0 Å². The molecule has 0 spiro atoms. The molecule has 33 heavy (non-hydrogen) atoms. The highest BCUT2D eigenvalue weighted by atomic mass is 16.7. The van der Waals surface area contributed by atoms with Crippen LogP contribution in [0.5, 0.6) is 11.5 Å². The van der Waals surface area contributed by atoms with E-state index in [1.165, 1.54) is 4.90 Å². The summed E-state index contributed by atoms with van der Waals surface area (Å²) in [6, 6.07) is 6.59. The average molecular weight is 458 g/mol. The largest absolute Gasteiger partial charge is 0.454 e. The minimum atomic E-state index is -0.384. The molecule has 0 bridgehead atoms. The third-order valence-corrected chi connectivity index (χ3v) is 5.28.